The molecule has 0 atom stereocenters. The summed E-state index contributed by atoms with van der Waals surface area (Å²) in [6, 6.07) is 7.52. The summed E-state index contributed by atoms with van der Waals surface area (Å²) in [5.74, 6) is -0.817. The van der Waals surface area contributed by atoms with E-state index in [0.717, 1.165) is 0 Å². The smallest absolute Gasteiger partial charge is 0.252 e. The number of aliphatic hydroxyl groups excluding tert-OH is 1. The number of nitrogens with one attached hydrogen (secondary N) is 2. The van der Waals surface area contributed by atoms with E-state index in [1.165, 1.54) is 7.11 Å². The molecule has 6 nitrogen and oxygen atoms in total. The molecule has 1 aromatic rings. The maximum Gasteiger partial charge on any atom is 0.252 e. The molecule has 0 aromatic heterocycles. The summed E-state index contributed by atoms with van der Waals surface area (Å²) in [6.07, 6.45) is 0. The van der Waals surface area contributed by atoms with Crippen LogP contribution in [0.3, 0.4) is 0 Å². The highest BCUT2D eigenvalue weighted by Crippen LogP contribution is 2.10. The van der Waals surface area contributed by atoms with Crippen molar-refractivity contribution in [2.24, 2.45) is 0 Å². The quantitative estimate of drug-likeness (QED) is 0.634. The number of methoxy groups -OCH3 is 1. The first kappa shape index (κ1) is 17.1. The van der Waals surface area contributed by atoms with Gasteiger partial charge in [0.15, 0.2) is 0 Å². The fraction of sp³-hybridized carbons (Fsp3) is 0.467. The largest absolute Gasteiger partial charge is 0.394 e. The van der Waals surface area contributed by atoms with Crippen LogP contribution in [-0.4, -0.2) is 49.3 Å². The molecule has 1 radical (unpaired) electrons. The Morgan fingerprint density at radius 1 is 1.38 bits per heavy atom. The molecular weight excluding hydrogens is 272 g/mol. The van der Waals surface area contributed by atoms with Crippen LogP contribution in [0.25, 0.3) is 0 Å². The normalized spacial score (nSPS) is 11.0. The van der Waals surface area contributed by atoms with Crippen LogP contribution in [0.2, 0.25) is 0 Å². The Balaban J connectivity index is 2.88. The van der Waals surface area contributed by atoms with Gasteiger partial charge < -0.3 is 20.5 Å². The summed E-state index contributed by atoms with van der Waals surface area (Å²) in [7, 11) is 1.54. The zero-order chi connectivity index (χ0) is 15.9. The summed E-state index contributed by atoms with van der Waals surface area (Å²) < 4.78 is 4.85. The SMILES string of the molecule is COCCNC(=O)c1[c]cccc1C(=O)NC(C)(C)CO. The van der Waals surface area contributed by atoms with Gasteiger partial charge in [0.1, 0.15) is 0 Å². The number of hydrogen-bond acceptors (Lipinski definition) is 4. The molecule has 0 bridgehead atoms. The van der Waals surface area contributed by atoms with Crippen molar-refractivity contribution in [3.63, 3.8) is 0 Å². The predicted octanol–water partition coefficient (Wildman–Crippen LogP) is 0.364. The van der Waals surface area contributed by atoms with E-state index in [4.69, 9.17) is 4.74 Å². The molecule has 1 aromatic carbocycles. The zero-order valence-electron chi connectivity index (χ0n) is 12.5. The molecule has 0 aliphatic rings. The summed E-state index contributed by atoms with van der Waals surface area (Å²) in [5, 5.41) is 14.5. The minimum absolute atomic E-state index is 0.167. The van der Waals surface area contributed by atoms with E-state index in [0.29, 0.717) is 13.2 Å². The van der Waals surface area contributed by atoms with E-state index in [-0.39, 0.29) is 23.6 Å². The van der Waals surface area contributed by atoms with Crippen LogP contribution < -0.4 is 10.6 Å². The molecule has 0 aliphatic heterocycles. The lowest BCUT2D eigenvalue weighted by Crippen LogP contribution is -2.46. The van der Waals surface area contributed by atoms with Gasteiger partial charge in [0.25, 0.3) is 11.8 Å². The minimum atomic E-state index is -0.767. The van der Waals surface area contributed by atoms with E-state index in [2.05, 4.69) is 16.7 Å². The molecule has 6 heteroatoms. The number of amides is 2. The Labute approximate surface area is 124 Å². The lowest BCUT2D eigenvalue weighted by atomic mass is 10.0. The molecule has 115 valence electrons. The molecule has 0 aliphatic carbocycles. The first-order valence-corrected chi connectivity index (χ1v) is 6.62. The van der Waals surface area contributed by atoms with Gasteiger partial charge in [-0.2, -0.15) is 0 Å². The molecule has 0 fully saturated rings. The Morgan fingerprint density at radius 2 is 2.10 bits per heavy atom. The average Bonchev–Trinajstić information content (AvgIpc) is 2.47. The van der Waals surface area contributed by atoms with Crippen LogP contribution in [0.4, 0.5) is 0 Å². The summed E-state index contributed by atoms with van der Waals surface area (Å²) in [5.41, 5.74) is -0.384. The second kappa shape index (κ2) is 7.75. The van der Waals surface area contributed by atoms with Crippen molar-refractivity contribution < 1.29 is 19.4 Å². The van der Waals surface area contributed by atoms with E-state index in [9.17, 15) is 14.7 Å². The van der Waals surface area contributed by atoms with Crippen molar-refractivity contribution in [3.8, 4) is 0 Å². The fourth-order valence-electron chi connectivity index (χ4n) is 1.58. The van der Waals surface area contributed by atoms with Gasteiger partial charge in [-0.25, -0.2) is 0 Å². The maximum absolute atomic E-state index is 12.2. The van der Waals surface area contributed by atoms with Crippen molar-refractivity contribution in [2.45, 2.75) is 19.4 Å². The molecule has 2 amide bonds. The van der Waals surface area contributed by atoms with Crippen LogP contribution in [0, 0.1) is 6.07 Å². The van der Waals surface area contributed by atoms with Gasteiger partial charge in [0.05, 0.1) is 29.9 Å². The Kier molecular flexibility index (Phi) is 6.33. The highest BCUT2D eigenvalue weighted by atomic mass is 16.5. The van der Waals surface area contributed by atoms with Crippen molar-refractivity contribution in [3.05, 3.63) is 35.4 Å². The van der Waals surface area contributed by atoms with Gasteiger partial charge in [-0.1, -0.05) is 12.1 Å². The number of benzene rings is 1. The molecule has 0 unspecified atom stereocenters. The highest BCUT2D eigenvalue weighted by molar-refractivity contribution is 6.07. The van der Waals surface area contributed by atoms with Crippen LogP contribution in [0.1, 0.15) is 34.6 Å². The number of hydrogen-bond donors (Lipinski definition) is 3. The van der Waals surface area contributed by atoms with E-state index in [1.807, 2.05) is 0 Å². The number of carbonyl (C=O) groups excluding carboxylic acids is 2. The Bertz CT molecular complexity index is 500. The van der Waals surface area contributed by atoms with E-state index < -0.39 is 11.4 Å². The van der Waals surface area contributed by atoms with Gasteiger partial charge in [-0.05, 0) is 26.0 Å². The first-order chi connectivity index (χ1) is 9.91. The van der Waals surface area contributed by atoms with Crippen LogP contribution in [-0.2, 0) is 4.74 Å². The van der Waals surface area contributed by atoms with Crippen LogP contribution >= 0.6 is 0 Å². The predicted molar refractivity (Wildman–Crippen MR) is 78.1 cm³/mol. The van der Waals surface area contributed by atoms with Crippen molar-refractivity contribution in [1.82, 2.24) is 10.6 Å². The molecule has 0 saturated carbocycles. The molecule has 0 spiro atoms. The molecule has 1 rings (SSSR count). The third-order valence-corrected chi connectivity index (χ3v) is 2.77. The Hall–Kier alpha value is -1.92. The molecule has 21 heavy (non-hydrogen) atoms. The second-order valence-corrected chi connectivity index (χ2v) is 5.20. The molecule has 3 N–H and O–H groups in total. The van der Waals surface area contributed by atoms with Gasteiger partial charge in [0.2, 0.25) is 0 Å². The van der Waals surface area contributed by atoms with Gasteiger partial charge in [-0.3, -0.25) is 9.59 Å². The van der Waals surface area contributed by atoms with Crippen molar-refractivity contribution in [1.29, 1.82) is 0 Å². The highest BCUT2D eigenvalue weighted by Gasteiger charge is 2.23. The second-order valence-electron chi connectivity index (χ2n) is 5.20. The topological polar surface area (TPSA) is 87.7 Å². The maximum atomic E-state index is 12.2. The first-order valence-electron chi connectivity index (χ1n) is 6.62. The monoisotopic (exact) mass is 293 g/mol. The zero-order valence-corrected chi connectivity index (χ0v) is 12.5. The molecule has 0 saturated heterocycles. The van der Waals surface area contributed by atoms with Gasteiger partial charge in [0, 0.05) is 13.7 Å². The van der Waals surface area contributed by atoms with Crippen LogP contribution in [0.15, 0.2) is 18.2 Å². The average molecular weight is 293 g/mol. The van der Waals surface area contributed by atoms with Crippen molar-refractivity contribution in [2.75, 3.05) is 26.9 Å². The number of ether oxygens (including phenoxy) is 1. The van der Waals surface area contributed by atoms with Crippen molar-refractivity contribution >= 4 is 11.8 Å². The van der Waals surface area contributed by atoms with Crippen LogP contribution in [0.5, 0.6) is 0 Å². The summed E-state index contributed by atoms with van der Waals surface area (Å²) >= 11 is 0. The lowest BCUT2D eigenvalue weighted by Gasteiger charge is -2.24. The molecular formula is C15H21N2O4. The number of rotatable bonds is 7. The van der Waals surface area contributed by atoms with Gasteiger partial charge >= 0.3 is 0 Å². The lowest BCUT2D eigenvalue weighted by molar-refractivity contribution is 0.0855. The van der Waals surface area contributed by atoms with E-state index in [1.54, 1.807) is 32.0 Å². The fourth-order valence-corrected chi connectivity index (χ4v) is 1.58. The standard InChI is InChI=1S/C15H21N2O4/c1-15(2,10-18)17-14(20)12-7-5-4-6-11(12)13(19)16-8-9-21-3/h4-5,7,18H,8-10H2,1-3H3,(H,16,19)(H,17,20). The minimum Gasteiger partial charge on any atom is -0.394 e. The Morgan fingerprint density at radius 3 is 2.71 bits per heavy atom. The van der Waals surface area contributed by atoms with E-state index >= 15 is 0 Å². The summed E-state index contributed by atoms with van der Waals surface area (Å²) in [4.78, 5) is 24.3. The number of aliphatic hydroxyl groups is 1. The third kappa shape index (κ3) is 5.17. The van der Waals surface area contributed by atoms with Gasteiger partial charge in [-0.15, -0.1) is 0 Å². The molecule has 0 heterocycles. The summed E-state index contributed by atoms with van der Waals surface area (Å²) in [6.45, 7) is 3.91. The number of carbonyl (C=O) groups is 2. The third-order valence-electron chi connectivity index (χ3n) is 2.77.